The van der Waals surface area contributed by atoms with E-state index in [0.29, 0.717) is 6.54 Å². The number of H-pyrrole nitrogens is 1. The first-order valence-corrected chi connectivity index (χ1v) is 5.11. The summed E-state index contributed by atoms with van der Waals surface area (Å²) in [5.74, 6) is -1.16. The third-order valence-electron chi connectivity index (χ3n) is 2.23. The third kappa shape index (κ3) is 2.28. The van der Waals surface area contributed by atoms with Gasteiger partial charge in [0.2, 0.25) is 5.82 Å². The molecule has 90 valence electrons. The predicted octanol–water partition coefficient (Wildman–Crippen LogP) is 0.226. The number of hydrogen-bond acceptors (Lipinski definition) is 3. The van der Waals surface area contributed by atoms with Gasteiger partial charge in [-0.05, 0) is 0 Å². The Labute approximate surface area is 99.3 Å². The van der Waals surface area contributed by atoms with E-state index in [1.807, 2.05) is 0 Å². The number of nitrogens with zero attached hydrogens (tertiary/aromatic N) is 3. The minimum atomic E-state index is -1.16. The van der Waals surface area contributed by atoms with Crippen LogP contribution < -0.4 is 11.2 Å². The molecule has 0 atom stereocenters. The normalized spacial score (nSPS) is 10.7. The number of aromatic nitrogens is 4. The van der Waals surface area contributed by atoms with Gasteiger partial charge in [-0.25, -0.2) is 9.78 Å². The van der Waals surface area contributed by atoms with Crippen molar-refractivity contribution in [1.29, 1.82) is 0 Å². The molecule has 0 aliphatic heterocycles. The Kier molecular flexibility index (Phi) is 3.10. The van der Waals surface area contributed by atoms with Crippen LogP contribution in [0, 0.1) is 5.82 Å². The Balaban J connectivity index is 2.31. The second kappa shape index (κ2) is 4.54. The zero-order valence-corrected chi connectivity index (χ0v) is 9.32. The molecule has 0 radical (unpaired) electrons. The molecule has 17 heavy (non-hydrogen) atoms. The summed E-state index contributed by atoms with van der Waals surface area (Å²) in [5, 5.41) is -0.570. The molecule has 0 fully saturated rings. The van der Waals surface area contributed by atoms with Gasteiger partial charge in [-0.1, -0.05) is 11.6 Å². The van der Waals surface area contributed by atoms with Crippen LogP contribution in [0.15, 0.2) is 28.3 Å². The van der Waals surface area contributed by atoms with Gasteiger partial charge in [-0.15, -0.1) is 0 Å². The molecule has 0 saturated heterocycles. The van der Waals surface area contributed by atoms with Gasteiger partial charge < -0.3 is 4.57 Å². The first-order valence-electron chi connectivity index (χ1n) is 4.73. The SMILES string of the molecule is O=c1[nH]c(Cl)c(F)c(=O)n1CCn1ccnc1. The van der Waals surface area contributed by atoms with Crippen molar-refractivity contribution in [3.63, 3.8) is 0 Å². The highest BCUT2D eigenvalue weighted by Crippen LogP contribution is 2.02. The molecule has 0 unspecified atom stereocenters. The van der Waals surface area contributed by atoms with Crippen molar-refractivity contribution in [2.75, 3.05) is 0 Å². The van der Waals surface area contributed by atoms with Gasteiger partial charge in [-0.3, -0.25) is 14.3 Å². The summed E-state index contributed by atoms with van der Waals surface area (Å²) in [6.07, 6.45) is 4.77. The Hall–Kier alpha value is -1.89. The molecule has 6 nitrogen and oxygen atoms in total. The summed E-state index contributed by atoms with van der Waals surface area (Å²) in [5.41, 5.74) is -1.76. The van der Waals surface area contributed by atoms with Gasteiger partial charge in [-0.2, -0.15) is 4.39 Å². The Morgan fingerprint density at radius 1 is 1.41 bits per heavy atom. The van der Waals surface area contributed by atoms with Crippen LogP contribution in [-0.4, -0.2) is 19.1 Å². The van der Waals surface area contributed by atoms with Crippen LogP contribution in [0.5, 0.6) is 0 Å². The topological polar surface area (TPSA) is 72.7 Å². The van der Waals surface area contributed by atoms with E-state index < -0.39 is 22.2 Å². The molecule has 0 bridgehead atoms. The molecule has 2 aromatic heterocycles. The van der Waals surface area contributed by atoms with Crippen LogP contribution in [0.1, 0.15) is 0 Å². The van der Waals surface area contributed by atoms with E-state index in [2.05, 4.69) is 9.97 Å². The van der Waals surface area contributed by atoms with E-state index in [1.165, 1.54) is 6.33 Å². The highest BCUT2D eigenvalue weighted by atomic mass is 35.5. The molecule has 2 heterocycles. The molecular weight excluding hydrogens is 251 g/mol. The van der Waals surface area contributed by atoms with Crippen LogP contribution in [0.2, 0.25) is 5.15 Å². The lowest BCUT2D eigenvalue weighted by Gasteiger charge is -2.05. The molecule has 0 amide bonds. The average molecular weight is 259 g/mol. The molecule has 0 spiro atoms. The number of aryl methyl sites for hydroxylation is 1. The van der Waals surface area contributed by atoms with Crippen LogP contribution in [0.4, 0.5) is 4.39 Å². The van der Waals surface area contributed by atoms with Gasteiger partial charge in [0.1, 0.15) is 0 Å². The van der Waals surface area contributed by atoms with E-state index in [9.17, 15) is 14.0 Å². The minimum Gasteiger partial charge on any atom is -0.336 e. The first-order chi connectivity index (χ1) is 8.09. The maximum absolute atomic E-state index is 13.2. The van der Waals surface area contributed by atoms with Crippen LogP contribution >= 0.6 is 11.6 Å². The van der Waals surface area contributed by atoms with Gasteiger partial charge in [0.25, 0.3) is 5.56 Å². The summed E-state index contributed by atoms with van der Waals surface area (Å²) in [7, 11) is 0. The maximum atomic E-state index is 13.2. The predicted molar refractivity (Wildman–Crippen MR) is 58.5 cm³/mol. The highest BCUT2D eigenvalue weighted by Gasteiger charge is 2.11. The van der Waals surface area contributed by atoms with Crippen molar-refractivity contribution in [2.24, 2.45) is 0 Å². The Morgan fingerprint density at radius 2 is 2.18 bits per heavy atom. The van der Waals surface area contributed by atoms with E-state index in [0.717, 1.165) is 4.57 Å². The van der Waals surface area contributed by atoms with Crippen molar-refractivity contribution >= 4 is 11.6 Å². The highest BCUT2D eigenvalue weighted by molar-refractivity contribution is 6.29. The fourth-order valence-electron chi connectivity index (χ4n) is 1.36. The van der Waals surface area contributed by atoms with Gasteiger partial charge in [0, 0.05) is 25.5 Å². The molecule has 2 aromatic rings. The van der Waals surface area contributed by atoms with E-state index in [-0.39, 0.29) is 6.54 Å². The average Bonchev–Trinajstić information content (AvgIpc) is 2.79. The minimum absolute atomic E-state index is 0.0403. The molecule has 0 saturated carbocycles. The third-order valence-corrected chi connectivity index (χ3v) is 2.49. The van der Waals surface area contributed by atoms with Crippen molar-refractivity contribution in [1.82, 2.24) is 19.1 Å². The fraction of sp³-hybridized carbons (Fsp3) is 0.222. The zero-order chi connectivity index (χ0) is 12.4. The summed E-state index contributed by atoms with van der Waals surface area (Å²) in [4.78, 5) is 28.7. The molecule has 8 heteroatoms. The Morgan fingerprint density at radius 3 is 2.82 bits per heavy atom. The quantitative estimate of drug-likeness (QED) is 0.801. The van der Waals surface area contributed by atoms with Crippen molar-refractivity contribution < 1.29 is 4.39 Å². The first kappa shape index (κ1) is 11.6. The maximum Gasteiger partial charge on any atom is 0.329 e. The molecule has 0 aliphatic rings. The molecule has 2 rings (SSSR count). The van der Waals surface area contributed by atoms with Crippen molar-refractivity contribution in [2.45, 2.75) is 13.1 Å². The van der Waals surface area contributed by atoms with Gasteiger partial charge in [0.15, 0.2) is 5.15 Å². The van der Waals surface area contributed by atoms with E-state index in [4.69, 9.17) is 11.6 Å². The molecule has 0 aromatic carbocycles. The summed E-state index contributed by atoms with van der Waals surface area (Å²) >= 11 is 5.33. The van der Waals surface area contributed by atoms with Crippen molar-refractivity contribution in [3.05, 3.63) is 50.5 Å². The lowest BCUT2D eigenvalue weighted by molar-refractivity contribution is 0.503. The fourth-order valence-corrected chi connectivity index (χ4v) is 1.52. The Bertz CT molecular complexity index is 631. The summed E-state index contributed by atoms with van der Waals surface area (Å²) < 4.78 is 15.6. The van der Waals surface area contributed by atoms with E-state index in [1.54, 1.807) is 17.0 Å². The lowest BCUT2D eigenvalue weighted by Crippen LogP contribution is -2.38. The number of aromatic amines is 1. The summed E-state index contributed by atoms with van der Waals surface area (Å²) in [6, 6.07) is 0. The molecule has 0 aliphatic carbocycles. The zero-order valence-electron chi connectivity index (χ0n) is 8.56. The van der Waals surface area contributed by atoms with Crippen LogP contribution in [0.3, 0.4) is 0 Å². The smallest absolute Gasteiger partial charge is 0.329 e. The second-order valence-electron chi connectivity index (χ2n) is 3.32. The number of imidazole rings is 1. The summed E-state index contributed by atoms with van der Waals surface area (Å²) in [6.45, 7) is 0.378. The van der Waals surface area contributed by atoms with E-state index >= 15 is 0 Å². The van der Waals surface area contributed by atoms with Crippen LogP contribution in [0.25, 0.3) is 0 Å². The lowest BCUT2D eigenvalue weighted by atomic mass is 10.5. The van der Waals surface area contributed by atoms with Gasteiger partial charge in [0.05, 0.1) is 6.33 Å². The second-order valence-corrected chi connectivity index (χ2v) is 3.69. The number of hydrogen-bond donors (Lipinski definition) is 1. The number of rotatable bonds is 3. The standard InChI is InChI=1S/C9H8ClFN4O2/c10-7-6(11)8(16)15(9(17)13-7)4-3-14-2-1-12-5-14/h1-2,5H,3-4H2,(H,13,17). The monoisotopic (exact) mass is 258 g/mol. The van der Waals surface area contributed by atoms with Crippen LogP contribution in [-0.2, 0) is 13.1 Å². The largest absolute Gasteiger partial charge is 0.336 e. The molecule has 1 N–H and O–H groups in total. The number of nitrogens with one attached hydrogen (secondary N) is 1. The number of halogens is 2. The molecular formula is C9H8ClFN4O2. The van der Waals surface area contributed by atoms with Crippen molar-refractivity contribution in [3.8, 4) is 0 Å². The van der Waals surface area contributed by atoms with Gasteiger partial charge >= 0.3 is 5.69 Å².